The molecule has 23 heavy (non-hydrogen) atoms. The van der Waals surface area contributed by atoms with Gasteiger partial charge in [-0.15, -0.1) is 0 Å². The summed E-state index contributed by atoms with van der Waals surface area (Å²) in [4.78, 5) is 2.55. The predicted molar refractivity (Wildman–Crippen MR) is 81.9 cm³/mol. The SMILES string of the molecule is O=S(=O)(N[C@H]1[CH-][C@@H](N2CCOCC2)COC1)c1ccccc1.[Y]. The first-order chi connectivity index (χ1) is 10.6. The van der Waals surface area contributed by atoms with Crippen LogP contribution in [0.4, 0.5) is 0 Å². The smallest absolute Gasteiger partial charge is 0.238 e. The third kappa shape index (κ3) is 5.29. The average molecular weight is 414 g/mol. The molecule has 0 bridgehead atoms. The van der Waals surface area contributed by atoms with Gasteiger partial charge in [0, 0.05) is 59.0 Å². The molecular weight excluding hydrogens is 393 g/mol. The van der Waals surface area contributed by atoms with Crippen molar-refractivity contribution in [1.29, 1.82) is 0 Å². The maximum atomic E-state index is 12.4. The normalized spacial score (nSPS) is 26.4. The fourth-order valence-electron chi connectivity index (χ4n) is 2.77. The first kappa shape index (κ1) is 19.4. The molecular formula is C15H21N2O4SY-. The average Bonchev–Trinajstić information content (AvgIpc) is 2.56. The van der Waals surface area contributed by atoms with Crippen molar-refractivity contribution in [3.63, 3.8) is 0 Å². The molecule has 0 unspecified atom stereocenters. The van der Waals surface area contributed by atoms with Crippen LogP contribution in [0.15, 0.2) is 35.2 Å². The van der Waals surface area contributed by atoms with Crippen molar-refractivity contribution in [1.82, 2.24) is 9.62 Å². The van der Waals surface area contributed by atoms with E-state index in [1.165, 1.54) is 0 Å². The van der Waals surface area contributed by atoms with E-state index in [-0.39, 0.29) is 49.7 Å². The van der Waals surface area contributed by atoms with Gasteiger partial charge in [-0.2, -0.15) is 0 Å². The van der Waals surface area contributed by atoms with Gasteiger partial charge in [0.2, 0.25) is 10.0 Å². The van der Waals surface area contributed by atoms with Crippen LogP contribution in [0.25, 0.3) is 0 Å². The number of hydrogen-bond donors (Lipinski definition) is 1. The zero-order valence-electron chi connectivity index (χ0n) is 12.9. The van der Waals surface area contributed by atoms with Crippen LogP contribution in [0.2, 0.25) is 0 Å². The van der Waals surface area contributed by atoms with Gasteiger partial charge in [0.1, 0.15) is 0 Å². The minimum Gasteiger partial charge on any atom is -0.384 e. The number of morpholine rings is 1. The van der Waals surface area contributed by atoms with Gasteiger partial charge < -0.3 is 14.4 Å². The Bertz CT molecular complexity index is 578. The van der Waals surface area contributed by atoms with E-state index in [0.29, 0.717) is 26.4 Å². The molecule has 0 amide bonds. The number of hydrogen-bond acceptors (Lipinski definition) is 5. The van der Waals surface area contributed by atoms with E-state index in [9.17, 15) is 8.42 Å². The molecule has 8 heteroatoms. The van der Waals surface area contributed by atoms with Crippen LogP contribution in [0.1, 0.15) is 0 Å². The van der Waals surface area contributed by atoms with Gasteiger partial charge in [0.15, 0.2) is 0 Å². The topological polar surface area (TPSA) is 67.9 Å². The summed E-state index contributed by atoms with van der Waals surface area (Å²) >= 11 is 0. The first-order valence-corrected chi connectivity index (χ1v) is 8.95. The summed E-state index contributed by atoms with van der Waals surface area (Å²) < 4.78 is 38.4. The quantitative estimate of drug-likeness (QED) is 0.717. The van der Waals surface area contributed by atoms with Crippen molar-refractivity contribution in [3.8, 4) is 0 Å². The fourth-order valence-corrected chi connectivity index (χ4v) is 3.97. The number of sulfonamides is 1. The Morgan fingerprint density at radius 1 is 1.09 bits per heavy atom. The first-order valence-electron chi connectivity index (χ1n) is 7.47. The van der Waals surface area contributed by atoms with E-state index >= 15 is 0 Å². The van der Waals surface area contributed by atoms with Crippen LogP contribution in [0.3, 0.4) is 0 Å². The minimum atomic E-state index is -3.52. The van der Waals surface area contributed by atoms with Crippen LogP contribution >= 0.6 is 0 Å². The van der Waals surface area contributed by atoms with Gasteiger partial charge >= 0.3 is 0 Å². The Labute approximate surface area is 162 Å². The van der Waals surface area contributed by atoms with Gasteiger partial charge in [-0.3, -0.25) is 6.42 Å². The van der Waals surface area contributed by atoms with E-state index in [4.69, 9.17) is 9.47 Å². The summed E-state index contributed by atoms with van der Waals surface area (Å²) in [5.41, 5.74) is 0. The molecule has 3 rings (SSSR count). The number of ether oxygens (including phenoxy) is 2. The van der Waals surface area contributed by atoms with Gasteiger partial charge in [-0.1, -0.05) is 30.3 Å². The van der Waals surface area contributed by atoms with Crippen molar-refractivity contribution in [2.75, 3.05) is 39.5 Å². The summed E-state index contributed by atoms with van der Waals surface area (Å²) in [5.74, 6) is 0. The van der Waals surface area contributed by atoms with Crippen LogP contribution in [-0.4, -0.2) is 64.9 Å². The van der Waals surface area contributed by atoms with E-state index in [1.54, 1.807) is 30.3 Å². The fraction of sp³-hybridized carbons (Fsp3) is 0.533. The second-order valence-electron chi connectivity index (χ2n) is 5.49. The molecule has 2 heterocycles. The molecule has 1 radical (unpaired) electrons. The largest absolute Gasteiger partial charge is 0.384 e. The maximum absolute atomic E-state index is 12.4. The van der Waals surface area contributed by atoms with E-state index in [1.807, 2.05) is 6.42 Å². The predicted octanol–water partition coefficient (Wildman–Crippen LogP) is 0.266. The molecule has 0 aromatic heterocycles. The molecule has 1 aromatic rings. The molecule has 1 aromatic carbocycles. The molecule has 125 valence electrons. The van der Waals surface area contributed by atoms with Gasteiger partial charge in [-0.05, 0) is 12.1 Å². The second kappa shape index (κ2) is 8.99. The summed E-state index contributed by atoms with van der Waals surface area (Å²) in [7, 11) is -3.52. The molecule has 2 aliphatic rings. The molecule has 2 fully saturated rings. The Morgan fingerprint density at radius 3 is 2.48 bits per heavy atom. The molecule has 6 nitrogen and oxygen atoms in total. The molecule has 2 atom stereocenters. The van der Waals surface area contributed by atoms with Gasteiger partial charge in [-0.25, -0.2) is 13.1 Å². The van der Waals surface area contributed by atoms with E-state index < -0.39 is 10.0 Å². The van der Waals surface area contributed by atoms with Crippen LogP contribution in [0.5, 0.6) is 0 Å². The standard InChI is InChI=1S/C15H21N2O4S.Y/c18-22(19,15-4-2-1-3-5-15)16-13-10-14(12-21-11-13)17-6-8-20-9-7-17;/h1-5,10,13-14,16H,6-9,11-12H2;/q-1;/t13-,14+;/m0./s1. The van der Waals surface area contributed by atoms with Crippen LogP contribution < -0.4 is 4.72 Å². The number of rotatable bonds is 4. The van der Waals surface area contributed by atoms with Crippen molar-refractivity contribution >= 4 is 10.0 Å². The Hall–Kier alpha value is 0.114. The van der Waals surface area contributed by atoms with Crippen molar-refractivity contribution in [2.24, 2.45) is 0 Å². The van der Waals surface area contributed by atoms with Gasteiger partial charge in [0.05, 0.1) is 18.1 Å². The molecule has 0 saturated carbocycles. The number of nitrogens with zero attached hydrogens (tertiary/aromatic N) is 1. The summed E-state index contributed by atoms with van der Waals surface area (Å²) in [6, 6.07) is 8.21. The van der Waals surface area contributed by atoms with Crippen LogP contribution in [-0.2, 0) is 52.2 Å². The second-order valence-corrected chi connectivity index (χ2v) is 7.20. The van der Waals surface area contributed by atoms with E-state index in [0.717, 1.165) is 13.1 Å². The van der Waals surface area contributed by atoms with Crippen molar-refractivity contribution < 1.29 is 50.6 Å². The van der Waals surface area contributed by atoms with Crippen LogP contribution in [0, 0.1) is 6.42 Å². The minimum absolute atomic E-state index is 0. The Morgan fingerprint density at radius 2 is 1.78 bits per heavy atom. The molecule has 1 N–H and O–H groups in total. The third-order valence-electron chi connectivity index (χ3n) is 3.92. The maximum Gasteiger partial charge on any atom is 0.238 e. The van der Waals surface area contributed by atoms with Gasteiger partial charge in [0.25, 0.3) is 0 Å². The summed E-state index contributed by atoms with van der Waals surface area (Å²) in [6.45, 7) is 4.09. The number of nitrogens with one attached hydrogen (secondary N) is 1. The zero-order chi connectivity index (χ0) is 15.4. The summed E-state index contributed by atoms with van der Waals surface area (Å²) in [5, 5.41) is 0. The molecule has 2 aliphatic heterocycles. The van der Waals surface area contributed by atoms with Crippen molar-refractivity contribution in [3.05, 3.63) is 36.8 Å². The monoisotopic (exact) mass is 414 g/mol. The zero-order valence-corrected chi connectivity index (χ0v) is 16.6. The van der Waals surface area contributed by atoms with E-state index in [2.05, 4.69) is 9.62 Å². The third-order valence-corrected chi connectivity index (χ3v) is 5.42. The molecule has 0 aliphatic carbocycles. The van der Waals surface area contributed by atoms with Crippen molar-refractivity contribution in [2.45, 2.75) is 17.0 Å². The summed E-state index contributed by atoms with van der Waals surface area (Å²) in [6.07, 6.45) is 2.04. The number of benzene rings is 1. The molecule has 2 saturated heterocycles. The Balaban J connectivity index is 0.00000192. The molecule has 0 spiro atoms. The Kier molecular flexibility index (Phi) is 7.60.